The maximum Gasteiger partial charge on any atom is 0.0986 e. The fraction of sp³-hybridized carbons (Fsp3) is 1.00. The van der Waals surface area contributed by atoms with Gasteiger partial charge in [-0.1, -0.05) is 13.8 Å². The molecule has 4 atom stereocenters. The molecule has 0 aliphatic heterocycles. The van der Waals surface area contributed by atoms with Gasteiger partial charge in [0, 0.05) is 32.3 Å². The second kappa shape index (κ2) is 8.10. The molecule has 0 radical (unpaired) electrons. The summed E-state index contributed by atoms with van der Waals surface area (Å²) in [5.74, 6) is 0. The Bertz CT molecular complexity index is 222. The van der Waals surface area contributed by atoms with Gasteiger partial charge in [-0.2, -0.15) is 0 Å². The SMILES string of the molecule is CCOC1CC(NC(C)CN(CC)CC)C1OC. The molecular formula is C14H30N2O2. The summed E-state index contributed by atoms with van der Waals surface area (Å²) >= 11 is 0. The minimum Gasteiger partial charge on any atom is -0.377 e. The standard InChI is InChI=1S/C14H30N2O2/c1-6-16(7-2)10-11(4)15-12-9-13(18-8-3)14(12)17-5/h11-15H,6-10H2,1-5H3. The molecule has 4 nitrogen and oxygen atoms in total. The summed E-state index contributed by atoms with van der Waals surface area (Å²) in [6.07, 6.45) is 1.55. The number of nitrogens with zero attached hydrogens (tertiary/aromatic N) is 1. The lowest BCUT2D eigenvalue weighted by Gasteiger charge is -2.45. The quantitative estimate of drug-likeness (QED) is 0.679. The molecule has 18 heavy (non-hydrogen) atoms. The minimum atomic E-state index is 0.212. The zero-order chi connectivity index (χ0) is 13.5. The highest BCUT2D eigenvalue weighted by Crippen LogP contribution is 2.27. The predicted molar refractivity (Wildman–Crippen MR) is 75.0 cm³/mol. The molecule has 4 unspecified atom stereocenters. The number of ether oxygens (including phenoxy) is 2. The molecule has 0 spiro atoms. The number of nitrogens with one attached hydrogen (secondary N) is 1. The number of rotatable bonds is 9. The molecule has 1 rings (SSSR count). The largest absolute Gasteiger partial charge is 0.377 e. The topological polar surface area (TPSA) is 33.7 Å². The second-order valence-corrected chi connectivity index (χ2v) is 5.09. The van der Waals surface area contributed by atoms with E-state index in [0.717, 1.165) is 32.7 Å². The molecule has 0 amide bonds. The monoisotopic (exact) mass is 258 g/mol. The van der Waals surface area contributed by atoms with E-state index in [0.29, 0.717) is 12.1 Å². The van der Waals surface area contributed by atoms with Gasteiger partial charge in [0.05, 0.1) is 12.2 Å². The van der Waals surface area contributed by atoms with Crippen molar-refractivity contribution in [3.63, 3.8) is 0 Å². The van der Waals surface area contributed by atoms with Crippen molar-refractivity contribution in [2.75, 3.05) is 33.4 Å². The van der Waals surface area contributed by atoms with Crippen molar-refractivity contribution < 1.29 is 9.47 Å². The fourth-order valence-electron chi connectivity index (χ4n) is 2.72. The van der Waals surface area contributed by atoms with Crippen LogP contribution < -0.4 is 5.32 Å². The van der Waals surface area contributed by atoms with Crippen molar-refractivity contribution in [1.29, 1.82) is 0 Å². The van der Waals surface area contributed by atoms with Crippen LogP contribution in [0, 0.1) is 0 Å². The Morgan fingerprint density at radius 3 is 2.44 bits per heavy atom. The molecule has 0 aromatic rings. The zero-order valence-corrected chi connectivity index (χ0v) is 12.6. The summed E-state index contributed by atoms with van der Waals surface area (Å²) in [5, 5.41) is 3.66. The Balaban J connectivity index is 2.30. The van der Waals surface area contributed by atoms with Crippen LogP contribution in [0.15, 0.2) is 0 Å². The Morgan fingerprint density at radius 2 is 1.94 bits per heavy atom. The normalized spacial score (nSPS) is 29.3. The van der Waals surface area contributed by atoms with Crippen molar-refractivity contribution in [3.8, 4) is 0 Å². The van der Waals surface area contributed by atoms with Crippen molar-refractivity contribution >= 4 is 0 Å². The van der Waals surface area contributed by atoms with Crippen LogP contribution in [0.5, 0.6) is 0 Å². The third-order valence-corrected chi connectivity index (χ3v) is 3.83. The summed E-state index contributed by atoms with van der Waals surface area (Å²) in [6.45, 7) is 12.8. The van der Waals surface area contributed by atoms with Gasteiger partial charge in [-0.25, -0.2) is 0 Å². The zero-order valence-electron chi connectivity index (χ0n) is 12.6. The van der Waals surface area contributed by atoms with Crippen LogP contribution in [0.3, 0.4) is 0 Å². The van der Waals surface area contributed by atoms with E-state index in [1.807, 2.05) is 6.92 Å². The molecule has 0 aromatic carbocycles. The summed E-state index contributed by atoms with van der Waals surface area (Å²) in [6, 6.07) is 0.937. The minimum absolute atomic E-state index is 0.212. The molecule has 0 heterocycles. The van der Waals surface area contributed by atoms with E-state index < -0.39 is 0 Å². The number of hydrogen-bond donors (Lipinski definition) is 1. The van der Waals surface area contributed by atoms with Crippen molar-refractivity contribution in [2.45, 2.75) is 58.4 Å². The average molecular weight is 258 g/mol. The molecule has 0 bridgehead atoms. The van der Waals surface area contributed by atoms with Gasteiger partial charge in [0.15, 0.2) is 0 Å². The average Bonchev–Trinajstić information content (AvgIpc) is 2.35. The molecule has 1 aliphatic carbocycles. The molecule has 1 aliphatic rings. The van der Waals surface area contributed by atoms with E-state index >= 15 is 0 Å². The third-order valence-electron chi connectivity index (χ3n) is 3.83. The van der Waals surface area contributed by atoms with E-state index in [-0.39, 0.29) is 12.2 Å². The lowest BCUT2D eigenvalue weighted by molar-refractivity contribution is -0.133. The molecule has 4 heteroatoms. The van der Waals surface area contributed by atoms with Crippen molar-refractivity contribution in [3.05, 3.63) is 0 Å². The molecule has 108 valence electrons. The molecule has 0 saturated heterocycles. The van der Waals surface area contributed by atoms with Crippen LogP contribution in [0.4, 0.5) is 0 Å². The first-order valence-electron chi connectivity index (χ1n) is 7.28. The Hall–Kier alpha value is -0.160. The summed E-state index contributed by atoms with van der Waals surface area (Å²) in [5.41, 5.74) is 0. The van der Waals surface area contributed by atoms with Crippen molar-refractivity contribution in [1.82, 2.24) is 10.2 Å². The second-order valence-electron chi connectivity index (χ2n) is 5.09. The van der Waals surface area contributed by atoms with E-state index in [2.05, 4.69) is 31.0 Å². The maximum absolute atomic E-state index is 5.64. The maximum atomic E-state index is 5.64. The molecule has 1 fully saturated rings. The first kappa shape index (κ1) is 15.9. The lowest BCUT2D eigenvalue weighted by Crippen LogP contribution is -2.62. The van der Waals surface area contributed by atoms with Crippen LogP contribution in [0.2, 0.25) is 0 Å². The van der Waals surface area contributed by atoms with Crippen molar-refractivity contribution in [2.24, 2.45) is 0 Å². The first-order chi connectivity index (χ1) is 8.65. The van der Waals surface area contributed by atoms with Crippen LogP contribution >= 0.6 is 0 Å². The Morgan fingerprint density at radius 1 is 1.28 bits per heavy atom. The Kier molecular flexibility index (Phi) is 7.15. The summed E-state index contributed by atoms with van der Waals surface area (Å²) < 4.78 is 11.2. The van der Waals surface area contributed by atoms with Crippen LogP contribution in [0.1, 0.15) is 34.1 Å². The number of likely N-dealkylation sites (N-methyl/N-ethyl adjacent to an activating group) is 1. The molecular weight excluding hydrogens is 228 g/mol. The highest BCUT2D eigenvalue weighted by molar-refractivity contribution is 4.98. The van der Waals surface area contributed by atoms with Crippen LogP contribution in [-0.2, 0) is 9.47 Å². The Labute approximate surface area is 112 Å². The van der Waals surface area contributed by atoms with E-state index in [4.69, 9.17) is 9.47 Å². The van der Waals surface area contributed by atoms with E-state index in [1.54, 1.807) is 7.11 Å². The smallest absolute Gasteiger partial charge is 0.0986 e. The number of hydrogen-bond acceptors (Lipinski definition) is 4. The van der Waals surface area contributed by atoms with Gasteiger partial charge >= 0.3 is 0 Å². The molecule has 0 aromatic heterocycles. The van der Waals surface area contributed by atoms with Gasteiger partial charge < -0.3 is 19.7 Å². The van der Waals surface area contributed by atoms with Gasteiger partial charge in [-0.15, -0.1) is 0 Å². The number of methoxy groups -OCH3 is 1. The third kappa shape index (κ3) is 4.19. The first-order valence-corrected chi connectivity index (χ1v) is 7.28. The van der Waals surface area contributed by atoms with Gasteiger partial charge in [0.2, 0.25) is 0 Å². The van der Waals surface area contributed by atoms with Gasteiger partial charge in [-0.3, -0.25) is 0 Å². The van der Waals surface area contributed by atoms with Crippen LogP contribution in [0.25, 0.3) is 0 Å². The molecule has 1 saturated carbocycles. The van der Waals surface area contributed by atoms with Gasteiger partial charge in [0.25, 0.3) is 0 Å². The van der Waals surface area contributed by atoms with Gasteiger partial charge in [0.1, 0.15) is 0 Å². The summed E-state index contributed by atoms with van der Waals surface area (Å²) in [7, 11) is 1.78. The highest BCUT2D eigenvalue weighted by Gasteiger charge is 2.42. The predicted octanol–water partition coefficient (Wildman–Crippen LogP) is 1.50. The lowest BCUT2D eigenvalue weighted by atomic mass is 9.84. The van der Waals surface area contributed by atoms with Crippen LogP contribution in [-0.4, -0.2) is 62.5 Å². The fourth-order valence-corrected chi connectivity index (χ4v) is 2.72. The summed E-state index contributed by atoms with van der Waals surface area (Å²) in [4.78, 5) is 2.44. The van der Waals surface area contributed by atoms with E-state index in [9.17, 15) is 0 Å². The van der Waals surface area contributed by atoms with E-state index in [1.165, 1.54) is 0 Å². The van der Waals surface area contributed by atoms with Gasteiger partial charge in [-0.05, 0) is 33.4 Å². The highest BCUT2D eigenvalue weighted by atomic mass is 16.5. The molecule has 1 N–H and O–H groups in total.